The molecule has 132 valence electrons. The van der Waals surface area contributed by atoms with E-state index in [1.807, 2.05) is 24.3 Å². The van der Waals surface area contributed by atoms with Gasteiger partial charge in [0.1, 0.15) is 24.4 Å². The summed E-state index contributed by atoms with van der Waals surface area (Å²) in [5.74, 6) is -0.135. The van der Waals surface area contributed by atoms with Crippen LogP contribution in [0.25, 0.3) is 0 Å². The van der Waals surface area contributed by atoms with Crippen LogP contribution in [0.4, 0.5) is 0 Å². The van der Waals surface area contributed by atoms with Gasteiger partial charge in [-0.25, -0.2) is 0 Å². The second kappa shape index (κ2) is 9.17. The van der Waals surface area contributed by atoms with Crippen molar-refractivity contribution < 1.29 is 24.2 Å². The molecule has 1 heterocycles. The Balaban J connectivity index is 1.76. The normalized spacial score (nSPS) is 15.8. The summed E-state index contributed by atoms with van der Waals surface area (Å²) in [6.45, 7) is 0.924. The number of carbonyl (C=O) groups is 2. The van der Waals surface area contributed by atoms with E-state index in [0.29, 0.717) is 31.1 Å². The molecule has 1 amide bonds. The largest absolute Gasteiger partial charge is 0.486 e. The number of hydrogen-bond donors (Lipinski definition) is 3. The standard InChI is InChI=1S/C17H19N3O5/c18-8-12(17(23)20-7-3-6-16(21)22)9-19-10-13-11-24-14-4-1-2-5-15(14)25-13/h1-2,4-5,9,13,19H,3,6-7,10-11H2,(H,20,23)(H,21,22)/b12-9-. The number of rotatable bonds is 8. The Kier molecular flexibility index (Phi) is 6.65. The van der Waals surface area contributed by atoms with Crippen molar-refractivity contribution in [3.05, 3.63) is 36.0 Å². The fraction of sp³-hybridized carbons (Fsp3) is 0.353. The molecule has 25 heavy (non-hydrogen) atoms. The van der Waals surface area contributed by atoms with Crippen LogP contribution in [0.3, 0.4) is 0 Å². The Labute approximate surface area is 145 Å². The lowest BCUT2D eigenvalue weighted by Crippen LogP contribution is -2.37. The predicted molar refractivity (Wildman–Crippen MR) is 87.9 cm³/mol. The Bertz CT molecular complexity index is 696. The van der Waals surface area contributed by atoms with E-state index in [-0.39, 0.29) is 24.6 Å². The molecule has 1 aromatic carbocycles. The van der Waals surface area contributed by atoms with Crippen LogP contribution in [0.15, 0.2) is 36.0 Å². The molecule has 0 fully saturated rings. The topological polar surface area (TPSA) is 121 Å². The van der Waals surface area contributed by atoms with Gasteiger partial charge in [0.25, 0.3) is 5.91 Å². The molecule has 2 rings (SSSR count). The van der Waals surface area contributed by atoms with Gasteiger partial charge in [-0.3, -0.25) is 9.59 Å². The highest BCUT2D eigenvalue weighted by molar-refractivity contribution is 5.97. The van der Waals surface area contributed by atoms with E-state index in [9.17, 15) is 9.59 Å². The maximum atomic E-state index is 11.8. The van der Waals surface area contributed by atoms with Crippen LogP contribution in [-0.2, 0) is 9.59 Å². The van der Waals surface area contributed by atoms with Gasteiger partial charge < -0.3 is 25.2 Å². The first-order valence-electron chi connectivity index (χ1n) is 7.82. The monoisotopic (exact) mass is 345 g/mol. The van der Waals surface area contributed by atoms with E-state index in [1.54, 1.807) is 6.07 Å². The first-order chi connectivity index (χ1) is 12.1. The third-order valence-electron chi connectivity index (χ3n) is 3.38. The van der Waals surface area contributed by atoms with Crippen molar-refractivity contribution in [1.82, 2.24) is 10.6 Å². The molecule has 8 heteroatoms. The van der Waals surface area contributed by atoms with E-state index < -0.39 is 11.9 Å². The number of nitriles is 1. The molecular formula is C17H19N3O5. The molecule has 0 radical (unpaired) electrons. The van der Waals surface area contributed by atoms with Gasteiger partial charge >= 0.3 is 5.97 Å². The number of para-hydroxylation sites is 2. The van der Waals surface area contributed by atoms with Gasteiger partial charge in [-0.05, 0) is 18.6 Å². The summed E-state index contributed by atoms with van der Waals surface area (Å²) >= 11 is 0. The van der Waals surface area contributed by atoms with Crippen molar-refractivity contribution in [2.24, 2.45) is 0 Å². The molecule has 0 aliphatic carbocycles. The number of nitrogens with zero attached hydrogens (tertiary/aromatic N) is 1. The highest BCUT2D eigenvalue weighted by atomic mass is 16.6. The van der Waals surface area contributed by atoms with Gasteiger partial charge in [0.05, 0.1) is 6.54 Å². The molecule has 1 atom stereocenters. The number of amides is 1. The molecule has 0 aromatic heterocycles. The van der Waals surface area contributed by atoms with Crippen LogP contribution >= 0.6 is 0 Å². The van der Waals surface area contributed by atoms with Gasteiger partial charge in [0.2, 0.25) is 0 Å². The van der Waals surface area contributed by atoms with E-state index >= 15 is 0 Å². The van der Waals surface area contributed by atoms with Crippen LogP contribution in [0.1, 0.15) is 12.8 Å². The van der Waals surface area contributed by atoms with Gasteiger partial charge in [-0.2, -0.15) is 5.26 Å². The molecule has 0 spiro atoms. The smallest absolute Gasteiger partial charge is 0.303 e. The molecule has 1 aliphatic heterocycles. The third-order valence-corrected chi connectivity index (χ3v) is 3.38. The molecule has 1 aromatic rings. The summed E-state index contributed by atoms with van der Waals surface area (Å²) in [7, 11) is 0. The zero-order chi connectivity index (χ0) is 18.1. The lowest BCUT2D eigenvalue weighted by molar-refractivity contribution is -0.137. The number of aliphatic carboxylic acids is 1. The Hall–Kier alpha value is -3.21. The minimum atomic E-state index is -0.928. The molecule has 1 aliphatic rings. The zero-order valence-electron chi connectivity index (χ0n) is 13.5. The number of ether oxygens (including phenoxy) is 2. The van der Waals surface area contributed by atoms with Gasteiger partial charge in [0.15, 0.2) is 11.5 Å². The van der Waals surface area contributed by atoms with Crippen LogP contribution in [0, 0.1) is 11.3 Å². The highest BCUT2D eigenvalue weighted by Gasteiger charge is 2.20. The Morgan fingerprint density at radius 2 is 2.12 bits per heavy atom. The quantitative estimate of drug-likeness (QED) is 0.362. The fourth-order valence-corrected chi connectivity index (χ4v) is 2.14. The molecule has 0 saturated carbocycles. The summed E-state index contributed by atoms with van der Waals surface area (Å²) in [6, 6.07) is 9.14. The van der Waals surface area contributed by atoms with Crippen molar-refractivity contribution in [3.8, 4) is 17.6 Å². The van der Waals surface area contributed by atoms with E-state index in [0.717, 1.165) is 0 Å². The number of nitrogens with one attached hydrogen (secondary N) is 2. The highest BCUT2D eigenvalue weighted by Crippen LogP contribution is 2.30. The first kappa shape index (κ1) is 18.1. The number of benzene rings is 1. The van der Waals surface area contributed by atoms with Crippen molar-refractivity contribution >= 4 is 11.9 Å². The second-order valence-corrected chi connectivity index (χ2v) is 5.33. The van der Waals surface area contributed by atoms with Crippen molar-refractivity contribution in [3.63, 3.8) is 0 Å². The van der Waals surface area contributed by atoms with Gasteiger partial charge in [-0.15, -0.1) is 0 Å². The molecule has 0 saturated heterocycles. The Morgan fingerprint density at radius 1 is 1.36 bits per heavy atom. The zero-order valence-corrected chi connectivity index (χ0v) is 13.5. The van der Waals surface area contributed by atoms with Crippen LogP contribution in [0.5, 0.6) is 11.5 Å². The maximum Gasteiger partial charge on any atom is 0.303 e. The minimum Gasteiger partial charge on any atom is -0.486 e. The van der Waals surface area contributed by atoms with Crippen LogP contribution < -0.4 is 20.1 Å². The molecule has 1 unspecified atom stereocenters. The average molecular weight is 345 g/mol. The van der Waals surface area contributed by atoms with Crippen molar-refractivity contribution in [2.75, 3.05) is 19.7 Å². The number of carboxylic acids is 1. The number of carboxylic acid groups (broad SMARTS) is 1. The van der Waals surface area contributed by atoms with E-state index in [4.69, 9.17) is 19.8 Å². The molecular weight excluding hydrogens is 326 g/mol. The predicted octanol–water partition coefficient (Wildman–Crippen LogP) is 0.804. The summed E-state index contributed by atoms with van der Waals surface area (Å²) in [4.78, 5) is 22.2. The maximum absolute atomic E-state index is 11.8. The lowest BCUT2D eigenvalue weighted by atomic mass is 10.2. The average Bonchev–Trinajstić information content (AvgIpc) is 2.62. The minimum absolute atomic E-state index is 0.0371. The summed E-state index contributed by atoms with van der Waals surface area (Å²) < 4.78 is 11.3. The van der Waals surface area contributed by atoms with Gasteiger partial charge in [0, 0.05) is 19.2 Å². The fourth-order valence-electron chi connectivity index (χ4n) is 2.14. The number of hydrogen-bond acceptors (Lipinski definition) is 6. The Morgan fingerprint density at radius 3 is 2.84 bits per heavy atom. The number of fused-ring (bicyclic) bond motifs is 1. The van der Waals surface area contributed by atoms with Crippen molar-refractivity contribution in [1.29, 1.82) is 5.26 Å². The first-order valence-corrected chi connectivity index (χ1v) is 7.82. The number of carbonyl (C=O) groups excluding carboxylic acids is 1. The lowest BCUT2D eigenvalue weighted by Gasteiger charge is -2.26. The van der Waals surface area contributed by atoms with E-state index in [2.05, 4.69) is 10.6 Å². The summed E-state index contributed by atoms with van der Waals surface area (Å²) in [5, 5.41) is 22.9. The molecule has 3 N–H and O–H groups in total. The molecule has 0 bridgehead atoms. The van der Waals surface area contributed by atoms with Crippen LogP contribution in [-0.4, -0.2) is 42.8 Å². The SMILES string of the molecule is N#C/C(=C/NCC1COc2ccccc2O1)C(=O)NCCCC(=O)O. The van der Waals surface area contributed by atoms with Gasteiger partial charge in [-0.1, -0.05) is 12.1 Å². The summed E-state index contributed by atoms with van der Waals surface area (Å²) in [6.07, 6.45) is 1.34. The van der Waals surface area contributed by atoms with E-state index in [1.165, 1.54) is 6.20 Å². The second-order valence-electron chi connectivity index (χ2n) is 5.33. The molecule has 8 nitrogen and oxygen atoms in total. The summed E-state index contributed by atoms with van der Waals surface area (Å²) in [5.41, 5.74) is -0.0903. The van der Waals surface area contributed by atoms with Crippen LogP contribution in [0.2, 0.25) is 0 Å². The van der Waals surface area contributed by atoms with Crippen molar-refractivity contribution in [2.45, 2.75) is 18.9 Å². The third kappa shape index (κ3) is 5.73.